The van der Waals surface area contributed by atoms with Crippen molar-refractivity contribution in [3.8, 4) is 11.6 Å². The van der Waals surface area contributed by atoms with Gasteiger partial charge in [0.05, 0.1) is 4.05 Å². The van der Waals surface area contributed by atoms with Gasteiger partial charge in [0.1, 0.15) is 19.0 Å². The molecule has 0 bridgehead atoms. The lowest BCUT2D eigenvalue weighted by atomic mass is 10.4. The van der Waals surface area contributed by atoms with Gasteiger partial charge in [-0.25, -0.2) is 0 Å². The van der Waals surface area contributed by atoms with Crippen LogP contribution in [0.1, 0.15) is 6.92 Å². The molecule has 0 saturated heterocycles. The molecule has 76 valence electrons. The molecule has 0 aliphatic carbocycles. The number of aromatic nitrogens is 1. The average Bonchev–Trinajstić information content (AvgIpc) is 2.17. The first kappa shape index (κ1) is 9.82. The summed E-state index contributed by atoms with van der Waals surface area (Å²) in [5, 5.41) is 3.19. The van der Waals surface area contributed by atoms with Crippen LogP contribution in [-0.4, -0.2) is 22.2 Å². The SMILES string of the molecule is CC(I)Nc1ccc2c(n1)OCCO2. The number of ether oxygens (including phenoxy) is 2. The van der Waals surface area contributed by atoms with E-state index in [1.807, 2.05) is 12.1 Å². The normalized spacial score (nSPS) is 16.1. The molecule has 0 spiro atoms. The highest BCUT2D eigenvalue weighted by atomic mass is 127. The van der Waals surface area contributed by atoms with E-state index >= 15 is 0 Å². The summed E-state index contributed by atoms with van der Waals surface area (Å²) in [6, 6.07) is 3.77. The van der Waals surface area contributed by atoms with Crippen molar-refractivity contribution in [2.75, 3.05) is 18.5 Å². The summed E-state index contributed by atoms with van der Waals surface area (Å²) in [5.41, 5.74) is 0. The fourth-order valence-corrected chi connectivity index (χ4v) is 1.53. The van der Waals surface area contributed by atoms with Crippen LogP contribution in [0.5, 0.6) is 11.6 Å². The Labute approximate surface area is 96.1 Å². The number of nitrogens with one attached hydrogen (secondary N) is 1. The van der Waals surface area contributed by atoms with Crippen LogP contribution < -0.4 is 14.8 Å². The number of nitrogens with zero attached hydrogens (tertiary/aromatic N) is 1. The molecule has 1 aromatic rings. The van der Waals surface area contributed by atoms with Crippen molar-refractivity contribution >= 4 is 28.4 Å². The number of hydrogen-bond donors (Lipinski definition) is 1. The highest BCUT2D eigenvalue weighted by Crippen LogP contribution is 2.29. The number of alkyl halides is 1. The molecule has 2 rings (SSSR count). The molecule has 4 nitrogen and oxygen atoms in total. The van der Waals surface area contributed by atoms with Crippen molar-refractivity contribution in [1.29, 1.82) is 0 Å². The van der Waals surface area contributed by atoms with Gasteiger partial charge in [0.2, 0.25) is 0 Å². The van der Waals surface area contributed by atoms with E-state index < -0.39 is 0 Å². The van der Waals surface area contributed by atoms with Crippen molar-refractivity contribution in [3.05, 3.63) is 12.1 Å². The van der Waals surface area contributed by atoms with Crippen molar-refractivity contribution in [3.63, 3.8) is 0 Å². The molecule has 5 heteroatoms. The largest absolute Gasteiger partial charge is 0.484 e. The Morgan fingerprint density at radius 3 is 3.00 bits per heavy atom. The van der Waals surface area contributed by atoms with Gasteiger partial charge in [-0.05, 0) is 19.1 Å². The van der Waals surface area contributed by atoms with Crippen LogP contribution in [0, 0.1) is 0 Å². The third-order valence-electron chi connectivity index (χ3n) is 1.75. The molecule has 1 unspecified atom stereocenters. The van der Waals surface area contributed by atoms with Gasteiger partial charge in [0, 0.05) is 0 Å². The van der Waals surface area contributed by atoms with Crippen LogP contribution in [0.3, 0.4) is 0 Å². The van der Waals surface area contributed by atoms with Crippen LogP contribution in [0.4, 0.5) is 5.82 Å². The van der Waals surface area contributed by atoms with Gasteiger partial charge in [-0.15, -0.1) is 0 Å². The number of hydrogen-bond acceptors (Lipinski definition) is 4. The number of anilines is 1. The maximum Gasteiger partial charge on any atom is 0.259 e. The first-order valence-corrected chi connectivity index (χ1v) is 5.67. The summed E-state index contributed by atoms with van der Waals surface area (Å²) >= 11 is 2.28. The lowest BCUT2D eigenvalue weighted by molar-refractivity contribution is 0.164. The minimum Gasteiger partial charge on any atom is -0.484 e. The smallest absolute Gasteiger partial charge is 0.259 e. The van der Waals surface area contributed by atoms with Crippen molar-refractivity contribution < 1.29 is 9.47 Å². The molecule has 1 atom stereocenters. The molecule has 1 N–H and O–H groups in total. The second-order valence-corrected chi connectivity index (χ2v) is 4.83. The Morgan fingerprint density at radius 2 is 2.21 bits per heavy atom. The first-order chi connectivity index (χ1) is 6.75. The minimum absolute atomic E-state index is 0.336. The number of rotatable bonds is 2. The molecule has 0 fully saturated rings. The Kier molecular flexibility index (Phi) is 2.95. The van der Waals surface area contributed by atoms with Gasteiger partial charge in [-0.2, -0.15) is 4.98 Å². The van der Waals surface area contributed by atoms with Gasteiger partial charge >= 0.3 is 0 Å². The van der Waals surface area contributed by atoms with E-state index in [-0.39, 0.29) is 0 Å². The molecular weight excluding hydrogens is 295 g/mol. The van der Waals surface area contributed by atoms with Crippen LogP contribution >= 0.6 is 22.6 Å². The number of fused-ring (bicyclic) bond motifs is 1. The predicted molar refractivity (Wildman–Crippen MR) is 62.3 cm³/mol. The van der Waals surface area contributed by atoms with E-state index in [0.29, 0.717) is 23.1 Å². The number of halogens is 1. The van der Waals surface area contributed by atoms with Crippen LogP contribution in [0.2, 0.25) is 0 Å². The van der Waals surface area contributed by atoms with Crippen molar-refractivity contribution in [1.82, 2.24) is 4.98 Å². The van der Waals surface area contributed by atoms with E-state index in [1.54, 1.807) is 0 Å². The lowest BCUT2D eigenvalue weighted by Gasteiger charge is -2.18. The molecular formula is C9H11IN2O2. The van der Waals surface area contributed by atoms with Crippen LogP contribution in [0.25, 0.3) is 0 Å². The Bertz CT molecular complexity index is 331. The molecule has 2 heterocycles. The highest BCUT2D eigenvalue weighted by molar-refractivity contribution is 14.1. The molecule has 14 heavy (non-hydrogen) atoms. The summed E-state index contributed by atoms with van der Waals surface area (Å²) in [6.45, 7) is 3.23. The van der Waals surface area contributed by atoms with E-state index in [9.17, 15) is 0 Å². The van der Waals surface area contributed by atoms with Gasteiger partial charge in [-0.3, -0.25) is 0 Å². The van der Waals surface area contributed by atoms with E-state index in [1.165, 1.54) is 0 Å². The second kappa shape index (κ2) is 4.20. The van der Waals surface area contributed by atoms with E-state index in [4.69, 9.17) is 9.47 Å². The summed E-state index contributed by atoms with van der Waals surface area (Å²) < 4.78 is 11.1. The predicted octanol–water partition coefficient (Wildman–Crippen LogP) is 2.05. The zero-order valence-corrected chi connectivity index (χ0v) is 9.95. The fourth-order valence-electron chi connectivity index (χ4n) is 1.22. The van der Waals surface area contributed by atoms with Crippen molar-refractivity contribution in [2.45, 2.75) is 11.0 Å². The lowest BCUT2D eigenvalue weighted by Crippen LogP contribution is -2.17. The van der Waals surface area contributed by atoms with Gasteiger partial charge in [-0.1, -0.05) is 22.6 Å². The quantitative estimate of drug-likeness (QED) is 0.516. The third kappa shape index (κ3) is 2.20. The molecule has 1 aromatic heterocycles. The van der Waals surface area contributed by atoms with Crippen molar-refractivity contribution in [2.24, 2.45) is 0 Å². The maximum atomic E-state index is 5.37. The number of pyridine rings is 1. The average molecular weight is 306 g/mol. The van der Waals surface area contributed by atoms with Gasteiger partial charge in [0.15, 0.2) is 5.75 Å². The molecule has 0 aromatic carbocycles. The van der Waals surface area contributed by atoms with Gasteiger partial charge in [0.25, 0.3) is 5.88 Å². The van der Waals surface area contributed by atoms with Crippen LogP contribution in [-0.2, 0) is 0 Å². The molecule has 1 aliphatic rings. The summed E-state index contributed by atoms with van der Waals surface area (Å²) in [7, 11) is 0. The maximum absolute atomic E-state index is 5.37. The summed E-state index contributed by atoms with van der Waals surface area (Å²) in [5.74, 6) is 2.12. The summed E-state index contributed by atoms with van der Waals surface area (Å²) in [6.07, 6.45) is 0. The molecule has 1 aliphatic heterocycles. The first-order valence-electron chi connectivity index (χ1n) is 4.43. The molecule has 0 amide bonds. The zero-order chi connectivity index (χ0) is 9.97. The monoisotopic (exact) mass is 306 g/mol. The van der Waals surface area contributed by atoms with Gasteiger partial charge < -0.3 is 14.8 Å². The Morgan fingerprint density at radius 1 is 1.43 bits per heavy atom. The molecule has 0 radical (unpaired) electrons. The van der Waals surface area contributed by atoms with Crippen LogP contribution in [0.15, 0.2) is 12.1 Å². The minimum atomic E-state index is 0.336. The second-order valence-electron chi connectivity index (χ2n) is 2.96. The summed E-state index contributed by atoms with van der Waals surface area (Å²) in [4.78, 5) is 4.29. The highest BCUT2D eigenvalue weighted by Gasteiger charge is 2.13. The third-order valence-corrected chi connectivity index (χ3v) is 2.06. The molecule has 0 saturated carbocycles. The fraction of sp³-hybridized carbons (Fsp3) is 0.444. The van der Waals surface area contributed by atoms with E-state index in [2.05, 4.69) is 39.8 Å². The topological polar surface area (TPSA) is 43.4 Å². The zero-order valence-electron chi connectivity index (χ0n) is 7.79. The van der Waals surface area contributed by atoms with E-state index in [0.717, 1.165) is 11.6 Å². The Hall–Kier alpha value is -0.720. The standard InChI is InChI=1S/C9H11IN2O2/c1-6(10)11-8-3-2-7-9(12-8)14-5-4-13-7/h2-3,6H,4-5H2,1H3,(H,11,12). The Balaban J connectivity index is 2.20.